The molecule has 1 fully saturated rings. The third-order valence-corrected chi connectivity index (χ3v) is 3.30. The van der Waals surface area contributed by atoms with Gasteiger partial charge in [-0.25, -0.2) is 4.79 Å². The molecule has 21 heavy (non-hydrogen) atoms. The van der Waals surface area contributed by atoms with Crippen molar-refractivity contribution in [3.05, 3.63) is 32.6 Å². The Hall–Kier alpha value is -1.52. The molecule has 0 spiro atoms. The Kier molecular flexibility index (Phi) is 4.91. The molecule has 0 radical (unpaired) electrons. The second-order valence-corrected chi connectivity index (χ2v) is 4.89. The Morgan fingerprint density at radius 3 is 2.81 bits per heavy atom. The van der Waals surface area contributed by atoms with Gasteiger partial charge in [-0.05, 0) is 6.92 Å². The summed E-state index contributed by atoms with van der Waals surface area (Å²) in [5, 5.41) is 19.9. The van der Waals surface area contributed by atoms with Crippen LogP contribution >= 0.6 is 0 Å². The molecule has 9 heteroatoms. The van der Waals surface area contributed by atoms with E-state index in [4.69, 9.17) is 15.2 Å². The van der Waals surface area contributed by atoms with Crippen molar-refractivity contribution in [3.8, 4) is 0 Å². The lowest BCUT2D eigenvalue weighted by molar-refractivity contribution is -0.0675. The maximum Gasteiger partial charge on any atom is 0.330 e. The van der Waals surface area contributed by atoms with Crippen LogP contribution < -0.4 is 17.0 Å². The van der Waals surface area contributed by atoms with Gasteiger partial charge >= 0.3 is 5.69 Å². The number of ether oxygens (including phenoxy) is 2. The molecular weight excluding hydrogens is 282 g/mol. The van der Waals surface area contributed by atoms with Crippen LogP contribution in [0.1, 0.15) is 11.8 Å². The van der Waals surface area contributed by atoms with Crippen molar-refractivity contribution in [1.82, 2.24) is 9.55 Å². The summed E-state index contributed by atoms with van der Waals surface area (Å²) in [7, 11) is 0. The molecule has 5 N–H and O–H groups in total. The van der Waals surface area contributed by atoms with Crippen molar-refractivity contribution in [2.45, 2.75) is 31.5 Å². The SMILES string of the molecule is Cc1cn([C@@H]2O[C@H](COCCN)[C@@H](O)[C@H]2O)c(=O)[nH]c1=O. The highest BCUT2D eigenvalue weighted by Gasteiger charge is 2.44. The zero-order chi connectivity index (χ0) is 15.6. The van der Waals surface area contributed by atoms with Crippen molar-refractivity contribution in [1.29, 1.82) is 0 Å². The van der Waals surface area contributed by atoms with Crippen LogP contribution in [0.3, 0.4) is 0 Å². The first kappa shape index (κ1) is 15.9. The Bertz CT molecular complexity index is 597. The molecule has 0 aromatic carbocycles. The number of nitrogens with zero attached hydrogens (tertiary/aromatic N) is 1. The molecule has 1 saturated heterocycles. The maximum atomic E-state index is 11.8. The Labute approximate surface area is 119 Å². The van der Waals surface area contributed by atoms with Gasteiger partial charge in [-0.15, -0.1) is 0 Å². The highest BCUT2D eigenvalue weighted by Crippen LogP contribution is 2.28. The first-order valence-electron chi connectivity index (χ1n) is 6.57. The summed E-state index contributed by atoms with van der Waals surface area (Å²) in [6.07, 6.45) is -3.10. The molecular formula is C12H19N3O6. The van der Waals surface area contributed by atoms with E-state index < -0.39 is 35.8 Å². The van der Waals surface area contributed by atoms with Gasteiger partial charge in [0, 0.05) is 18.3 Å². The van der Waals surface area contributed by atoms with Crippen LogP contribution in [0.15, 0.2) is 15.8 Å². The van der Waals surface area contributed by atoms with Crippen molar-refractivity contribution in [2.75, 3.05) is 19.8 Å². The molecule has 118 valence electrons. The summed E-state index contributed by atoms with van der Waals surface area (Å²) in [6, 6.07) is 0. The number of aliphatic hydroxyl groups is 2. The molecule has 0 aliphatic carbocycles. The quantitative estimate of drug-likeness (QED) is 0.438. The van der Waals surface area contributed by atoms with Gasteiger partial charge in [-0.3, -0.25) is 14.3 Å². The molecule has 4 atom stereocenters. The van der Waals surface area contributed by atoms with Gasteiger partial charge in [0.15, 0.2) is 6.23 Å². The normalized spacial score (nSPS) is 29.0. The standard InChI is InChI=1S/C12H19N3O6/c1-6-4-15(12(19)14-10(6)18)11-9(17)8(16)7(21-11)5-20-3-2-13/h4,7-9,11,16-17H,2-3,5,13H2,1H3,(H,14,18,19)/t7-,8-,9-,11-/m1/s1. The van der Waals surface area contributed by atoms with Gasteiger partial charge in [0.05, 0.1) is 13.2 Å². The molecule has 1 aliphatic heterocycles. The number of nitrogens with two attached hydrogens (primary N) is 1. The van der Waals surface area contributed by atoms with E-state index in [0.29, 0.717) is 18.7 Å². The van der Waals surface area contributed by atoms with Gasteiger partial charge in [-0.1, -0.05) is 0 Å². The third kappa shape index (κ3) is 3.22. The van der Waals surface area contributed by atoms with Crippen LogP contribution in [0.25, 0.3) is 0 Å². The predicted octanol–water partition coefficient (Wildman–Crippen LogP) is -2.56. The van der Waals surface area contributed by atoms with E-state index in [1.807, 2.05) is 0 Å². The van der Waals surface area contributed by atoms with E-state index in [-0.39, 0.29) is 6.61 Å². The van der Waals surface area contributed by atoms with Gasteiger partial charge < -0.3 is 25.4 Å². The predicted molar refractivity (Wildman–Crippen MR) is 71.9 cm³/mol. The largest absolute Gasteiger partial charge is 0.387 e. The highest BCUT2D eigenvalue weighted by molar-refractivity contribution is 5.03. The van der Waals surface area contributed by atoms with Gasteiger partial charge in [-0.2, -0.15) is 0 Å². The highest BCUT2D eigenvalue weighted by atomic mass is 16.6. The number of aryl methyl sites for hydroxylation is 1. The van der Waals surface area contributed by atoms with Gasteiger partial charge in [0.1, 0.15) is 18.3 Å². The average molecular weight is 301 g/mol. The summed E-state index contributed by atoms with van der Waals surface area (Å²) in [5.41, 5.74) is 4.36. The Balaban J connectivity index is 2.19. The number of hydrogen-bond acceptors (Lipinski definition) is 7. The summed E-state index contributed by atoms with van der Waals surface area (Å²) in [6.45, 7) is 2.19. The van der Waals surface area contributed by atoms with E-state index >= 15 is 0 Å². The minimum Gasteiger partial charge on any atom is -0.387 e. The molecule has 9 nitrogen and oxygen atoms in total. The molecule has 2 rings (SSSR count). The molecule has 0 unspecified atom stereocenters. The third-order valence-electron chi connectivity index (χ3n) is 3.30. The lowest BCUT2D eigenvalue weighted by atomic mass is 10.1. The zero-order valence-corrected chi connectivity index (χ0v) is 11.6. The fourth-order valence-electron chi connectivity index (χ4n) is 2.15. The fraction of sp³-hybridized carbons (Fsp3) is 0.667. The monoisotopic (exact) mass is 301 g/mol. The van der Waals surface area contributed by atoms with E-state index in [1.165, 1.54) is 13.1 Å². The second kappa shape index (κ2) is 6.50. The number of H-pyrrole nitrogens is 1. The van der Waals surface area contributed by atoms with Crippen molar-refractivity contribution < 1.29 is 19.7 Å². The second-order valence-electron chi connectivity index (χ2n) is 4.89. The first-order chi connectivity index (χ1) is 9.95. The summed E-state index contributed by atoms with van der Waals surface area (Å²) in [4.78, 5) is 25.2. The lowest BCUT2D eigenvalue weighted by Gasteiger charge is -2.17. The van der Waals surface area contributed by atoms with Crippen molar-refractivity contribution >= 4 is 0 Å². The summed E-state index contributed by atoms with van der Waals surface area (Å²) < 4.78 is 11.7. The van der Waals surface area contributed by atoms with Crippen molar-refractivity contribution in [2.24, 2.45) is 5.73 Å². The molecule has 1 aromatic rings. The number of aliphatic hydroxyl groups excluding tert-OH is 2. The summed E-state index contributed by atoms with van der Waals surface area (Å²) >= 11 is 0. The fourth-order valence-corrected chi connectivity index (χ4v) is 2.15. The van der Waals surface area contributed by atoms with Crippen LogP contribution in [-0.2, 0) is 9.47 Å². The lowest BCUT2D eigenvalue weighted by Crippen LogP contribution is -2.38. The molecule has 0 bridgehead atoms. The van der Waals surface area contributed by atoms with Crippen LogP contribution in [0, 0.1) is 6.92 Å². The zero-order valence-electron chi connectivity index (χ0n) is 11.6. The Morgan fingerprint density at radius 1 is 1.43 bits per heavy atom. The van der Waals surface area contributed by atoms with Crippen LogP contribution in [-0.4, -0.2) is 57.8 Å². The minimum atomic E-state index is -1.31. The van der Waals surface area contributed by atoms with E-state index in [1.54, 1.807) is 0 Å². The topological polar surface area (TPSA) is 140 Å². The first-order valence-corrected chi connectivity index (χ1v) is 6.57. The number of aromatic amines is 1. The maximum absolute atomic E-state index is 11.8. The van der Waals surface area contributed by atoms with Crippen LogP contribution in [0.4, 0.5) is 0 Å². The van der Waals surface area contributed by atoms with Crippen LogP contribution in [0.5, 0.6) is 0 Å². The average Bonchev–Trinajstić information content (AvgIpc) is 2.72. The molecule has 1 aliphatic rings. The molecule has 1 aromatic heterocycles. The van der Waals surface area contributed by atoms with Crippen LogP contribution in [0.2, 0.25) is 0 Å². The number of hydrogen-bond donors (Lipinski definition) is 4. The Morgan fingerprint density at radius 2 is 2.14 bits per heavy atom. The van der Waals surface area contributed by atoms with Gasteiger partial charge in [0.25, 0.3) is 5.56 Å². The van der Waals surface area contributed by atoms with Gasteiger partial charge in [0.2, 0.25) is 0 Å². The van der Waals surface area contributed by atoms with E-state index in [2.05, 4.69) is 4.98 Å². The minimum absolute atomic E-state index is 0.0447. The molecule has 0 saturated carbocycles. The van der Waals surface area contributed by atoms with Crippen molar-refractivity contribution in [3.63, 3.8) is 0 Å². The number of rotatable bonds is 5. The number of aromatic nitrogens is 2. The van der Waals surface area contributed by atoms with E-state index in [9.17, 15) is 19.8 Å². The smallest absolute Gasteiger partial charge is 0.330 e. The molecule has 2 heterocycles. The van der Waals surface area contributed by atoms with E-state index in [0.717, 1.165) is 4.57 Å². The number of nitrogens with one attached hydrogen (secondary N) is 1. The molecule has 0 amide bonds. The summed E-state index contributed by atoms with van der Waals surface area (Å²) in [5.74, 6) is 0.